The summed E-state index contributed by atoms with van der Waals surface area (Å²) in [7, 11) is 0. The lowest BCUT2D eigenvalue weighted by molar-refractivity contribution is -0.138. The van der Waals surface area contributed by atoms with Gasteiger partial charge in [0.25, 0.3) is 0 Å². The Morgan fingerprint density at radius 3 is 2.15 bits per heavy atom. The van der Waals surface area contributed by atoms with E-state index in [0.29, 0.717) is 31.7 Å². The molecule has 1 N–H and O–H groups in total. The van der Waals surface area contributed by atoms with Gasteiger partial charge in [0.15, 0.2) is 0 Å². The highest BCUT2D eigenvalue weighted by molar-refractivity contribution is 5.88. The third-order valence-electron chi connectivity index (χ3n) is 4.57. The molecule has 1 aliphatic heterocycles. The molecular formula is C19H19F3N2O2. The standard InChI is InChI=1S/C19H19F3N2O2/c20-19(21,22)17-4-2-1-3-15(17)13-23-9-11-24(12-10-23)16-7-5-14(6-8-16)18(25)26/h1-8H,9-13H2,(H,25,26). The number of halogens is 3. The Kier molecular flexibility index (Phi) is 5.18. The van der Waals surface area contributed by atoms with Crippen LogP contribution in [0.4, 0.5) is 18.9 Å². The Hall–Kier alpha value is -2.54. The van der Waals surface area contributed by atoms with Gasteiger partial charge in [0.2, 0.25) is 0 Å². The van der Waals surface area contributed by atoms with Crippen molar-refractivity contribution in [2.75, 3.05) is 31.1 Å². The van der Waals surface area contributed by atoms with Gasteiger partial charge in [-0.15, -0.1) is 0 Å². The Labute approximate surface area is 149 Å². The van der Waals surface area contributed by atoms with Crippen molar-refractivity contribution in [1.82, 2.24) is 4.90 Å². The van der Waals surface area contributed by atoms with Crippen LogP contribution < -0.4 is 4.90 Å². The van der Waals surface area contributed by atoms with E-state index in [1.807, 2.05) is 4.90 Å². The van der Waals surface area contributed by atoms with Crippen molar-refractivity contribution in [2.45, 2.75) is 12.7 Å². The molecule has 1 aliphatic rings. The van der Waals surface area contributed by atoms with E-state index < -0.39 is 17.7 Å². The maximum absolute atomic E-state index is 13.1. The highest BCUT2D eigenvalue weighted by Crippen LogP contribution is 2.32. The van der Waals surface area contributed by atoms with E-state index in [4.69, 9.17) is 5.11 Å². The number of carbonyl (C=O) groups is 1. The van der Waals surface area contributed by atoms with Crippen LogP contribution in [0, 0.1) is 0 Å². The second-order valence-electron chi connectivity index (χ2n) is 6.27. The number of anilines is 1. The summed E-state index contributed by atoms with van der Waals surface area (Å²) in [6, 6.07) is 12.3. The number of hydrogen-bond donors (Lipinski definition) is 1. The fourth-order valence-electron chi connectivity index (χ4n) is 3.15. The van der Waals surface area contributed by atoms with Crippen LogP contribution in [-0.4, -0.2) is 42.2 Å². The van der Waals surface area contributed by atoms with Gasteiger partial charge in [0.1, 0.15) is 0 Å². The molecule has 26 heavy (non-hydrogen) atoms. The number of nitrogens with zero attached hydrogens (tertiary/aromatic N) is 2. The van der Waals surface area contributed by atoms with Crippen molar-refractivity contribution in [1.29, 1.82) is 0 Å². The Morgan fingerprint density at radius 1 is 0.962 bits per heavy atom. The predicted octanol–water partition coefficient (Wildman–Crippen LogP) is 3.73. The number of piperazine rings is 1. The Morgan fingerprint density at radius 2 is 1.58 bits per heavy atom. The lowest BCUT2D eigenvalue weighted by atomic mass is 10.1. The van der Waals surface area contributed by atoms with Gasteiger partial charge in [-0.2, -0.15) is 13.2 Å². The van der Waals surface area contributed by atoms with Crippen LogP contribution in [0.2, 0.25) is 0 Å². The third-order valence-corrected chi connectivity index (χ3v) is 4.57. The van der Waals surface area contributed by atoms with E-state index in [-0.39, 0.29) is 12.1 Å². The monoisotopic (exact) mass is 364 g/mol. The van der Waals surface area contributed by atoms with Crippen LogP contribution in [0.15, 0.2) is 48.5 Å². The Bertz CT molecular complexity index is 767. The zero-order chi connectivity index (χ0) is 18.7. The molecule has 3 rings (SSSR count). The molecule has 2 aromatic carbocycles. The number of carboxylic acids is 1. The van der Waals surface area contributed by atoms with Gasteiger partial charge in [-0.05, 0) is 35.9 Å². The second-order valence-corrected chi connectivity index (χ2v) is 6.27. The van der Waals surface area contributed by atoms with Crippen molar-refractivity contribution in [3.63, 3.8) is 0 Å². The Balaban J connectivity index is 1.62. The zero-order valence-electron chi connectivity index (χ0n) is 14.0. The summed E-state index contributed by atoms with van der Waals surface area (Å²) in [6.45, 7) is 2.92. The molecule has 0 spiro atoms. The van der Waals surface area contributed by atoms with Gasteiger partial charge >= 0.3 is 12.1 Å². The first-order valence-corrected chi connectivity index (χ1v) is 8.30. The molecule has 1 fully saturated rings. The summed E-state index contributed by atoms with van der Waals surface area (Å²) >= 11 is 0. The molecule has 0 amide bonds. The predicted molar refractivity (Wildman–Crippen MR) is 92.3 cm³/mol. The average molecular weight is 364 g/mol. The molecule has 0 bridgehead atoms. The van der Waals surface area contributed by atoms with Crippen molar-refractivity contribution in [3.05, 3.63) is 65.2 Å². The van der Waals surface area contributed by atoms with Crippen molar-refractivity contribution >= 4 is 11.7 Å². The summed E-state index contributed by atoms with van der Waals surface area (Å²) in [5, 5.41) is 8.94. The first-order valence-electron chi connectivity index (χ1n) is 8.30. The van der Waals surface area contributed by atoms with Crippen LogP contribution in [0.25, 0.3) is 0 Å². The van der Waals surface area contributed by atoms with E-state index in [1.165, 1.54) is 12.1 Å². The van der Waals surface area contributed by atoms with Crippen LogP contribution in [0.3, 0.4) is 0 Å². The fraction of sp³-hybridized carbons (Fsp3) is 0.316. The van der Waals surface area contributed by atoms with E-state index in [9.17, 15) is 18.0 Å². The fourth-order valence-corrected chi connectivity index (χ4v) is 3.15. The van der Waals surface area contributed by atoms with Crippen LogP contribution in [-0.2, 0) is 12.7 Å². The number of benzene rings is 2. The molecule has 7 heteroatoms. The maximum Gasteiger partial charge on any atom is 0.416 e. The number of rotatable bonds is 4. The molecule has 4 nitrogen and oxygen atoms in total. The van der Waals surface area contributed by atoms with Gasteiger partial charge in [0, 0.05) is 38.4 Å². The molecule has 0 radical (unpaired) electrons. The molecule has 138 valence electrons. The molecule has 0 aliphatic carbocycles. The second kappa shape index (κ2) is 7.37. The van der Waals surface area contributed by atoms with Crippen molar-refractivity contribution < 1.29 is 23.1 Å². The minimum absolute atomic E-state index is 0.233. The highest BCUT2D eigenvalue weighted by Gasteiger charge is 2.33. The summed E-state index contributed by atoms with van der Waals surface area (Å²) in [5.41, 5.74) is 0.868. The quantitative estimate of drug-likeness (QED) is 0.898. The van der Waals surface area contributed by atoms with Gasteiger partial charge in [-0.3, -0.25) is 4.90 Å². The largest absolute Gasteiger partial charge is 0.478 e. The average Bonchev–Trinajstić information content (AvgIpc) is 2.62. The van der Waals surface area contributed by atoms with Gasteiger partial charge in [-0.25, -0.2) is 4.79 Å². The number of hydrogen-bond acceptors (Lipinski definition) is 3. The molecule has 0 unspecified atom stereocenters. The number of alkyl halides is 3. The molecular weight excluding hydrogens is 345 g/mol. The third kappa shape index (κ3) is 4.16. The maximum atomic E-state index is 13.1. The molecule has 0 atom stereocenters. The molecule has 2 aromatic rings. The SMILES string of the molecule is O=C(O)c1ccc(N2CCN(Cc3ccccc3C(F)(F)F)CC2)cc1. The van der Waals surface area contributed by atoms with Crippen molar-refractivity contribution in [3.8, 4) is 0 Å². The topological polar surface area (TPSA) is 43.8 Å². The summed E-state index contributed by atoms with van der Waals surface area (Å²) < 4.78 is 39.3. The number of carboxylic acid groups (broad SMARTS) is 1. The molecule has 0 aromatic heterocycles. The highest BCUT2D eigenvalue weighted by atomic mass is 19.4. The van der Waals surface area contributed by atoms with Crippen LogP contribution in [0.1, 0.15) is 21.5 Å². The summed E-state index contributed by atoms with van der Waals surface area (Å²) in [6.07, 6.45) is -4.34. The normalized spacial score (nSPS) is 15.9. The first-order chi connectivity index (χ1) is 12.3. The minimum Gasteiger partial charge on any atom is -0.478 e. The van der Waals surface area contributed by atoms with Gasteiger partial charge in [-0.1, -0.05) is 18.2 Å². The minimum atomic E-state index is -4.34. The lowest BCUT2D eigenvalue weighted by Crippen LogP contribution is -2.46. The van der Waals surface area contributed by atoms with Crippen LogP contribution >= 0.6 is 0 Å². The zero-order valence-corrected chi connectivity index (χ0v) is 14.0. The summed E-state index contributed by atoms with van der Waals surface area (Å²) in [5.74, 6) is -0.968. The van der Waals surface area contributed by atoms with E-state index in [1.54, 1.807) is 30.3 Å². The van der Waals surface area contributed by atoms with E-state index in [2.05, 4.69) is 4.90 Å². The molecule has 1 saturated heterocycles. The first kappa shape index (κ1) is 18.3. The molecule has 1 heterocycles. The smallest absolute Gasteiger partial charge is 0.416 e. The van der Waals surface area contributed by atoms with Gasteiger partial charge < -0.3 is 10.0 Å². The van der Waals surface area contributed by atoms with Gasteiger partial charge in [0.05, 0.1) is 11.1 Å². The van der Waals surface area contributed by atoms with Crippen molar-refractivity contribution in [2.24, 2.45) is 0 Å². The van der Waals surface area contributed by atoms with E-state index in [0.717, 1.165) is 11.8 Å². The van der Waals surface area contributed by atoms with E-state index >= 15 is 0 Å². The molecule has 0 saturated carbocycles. The number of aromatic carboxylic acids is 1. The van der Waals surface area contributed by atoms with Crippen LogP contribution in [0.5, 0.6) is 0 Å². The summed E-state index contributed by atoms with van der Waals surface area (Å²) in [4.78, 5) is 15.0. The lowest BCUT2D eigenvalue weighted by Gasteiger charge is -2.36.